The summed E-state index contributed by atoms with van der Waals surface area (Å²) in [6, 6.07) is 6.53. The lowest BCUT2D eigenvalue weighted by Crippen LogP contribution is -2.39. The van der Waals surface area contributed by atoms with Crippen molar-refractivity contribution in [2.24, 2.45) is 5.73 Å². The van der Waals surface area contributed by atoms with E-state index in [1.807, 2.05) is 0 Å². The fourth-order valence-electron chi connectivity index (χ4n) is 3.69. The van der Waals surface area contributed by atoms with Crippen LogP contribution < -0.4 is 5.73 Å². The third-order valence-electron chi connectivity index (χ3n) is 5.08. The zero-order chi connectivity index (χ0) is 16.4. The number of rotatable bonds is 4. The quantitative estimate of drug-likeness (QED) is 0.911. The van der Waals surface area contributed by atoms with Gasteiger partial charge in [-0.1, -0.05) is 12.8 Å². The van der Waals surface area contributed by atoms with Gasteiger partial charge in [0.05, 0.1) is 10.1 Å². The SMILES string of the molecule is NC[C@@H]1CCCN1C(=O)c1ccc(S(=O)(=O)C2CCCC2)cc1. The van der Waals surface area contributed by atoms with Crippen molar-refractivity contribution in [1.82, 2.24) is 4.90 Å². The molecule has 1 aromatic rings. The molecule has 2 N–H and O–H groups in total. The van der Waals surface area contributed by atoms with Gasteiger partial charge in [0.15, 0.2) is 9.84 Å². The second-order valence-corrected chi connectivity index (χ2v) is 8.73. The second kappa shape index (κ2) is 6.61. The molecule has 3 rings (SSSR count). The summed E-state index contributed by atoms with van der Waals surface area (Å²) < 4.78 is 25.1. The number of amides is 1. The van der Waals surface area contributed by atoms with Crippen LogP contribution >= 0.6 is 0 Å². The molecule has 126 valence electrons. The first-order valence-corrected chi connectivity index (χ1v) is 9.93. The number of nitrogens with zero attached hydrogens (tertiary/aromatic N) is 1. The van der Waals surface area contributed by atoms with Crippen LogP contribution in [0.1, 0.15) is 48.9 Å². The molecule has 0 bridgehead atoms. The first-order valence-electron chi connectivity index (χ1n) is 8.39. The minimum absolute atomic E-state index is 0.0530. The van der Waals surface area contributed by atoms with E-state index in [1.54, 1.807) is 29.2 Å². The van der Waals surface area contributed by atoms with Gasteiger partial charge in [0.25, 0.3) is 5.91 Å². The van der Waals surface area contributed by atoms with Crippen LogP contribution in [-0.2, 0) is 9.84 Å². The summed E-state index contributed by atoms with van der Waals surface area (Å²) in [4.78, 5) is 14.7. The van der Waals surface area contributed by atoms with Gasteiger partial charge in [-0.25, -0.2) is 8.42 Å². The number of nitrogens with two attached hydrogens (primary N) is 1. The lowest BCUT2D eigenvalue weighted by atomic mass is 10.1. The van der Waals surface area contributed by atoms with Crippen LogP contribution in [0.3, 0.4) is 0 Å². The molecule has 1 atom stereocenters. The molecule has 2 fully saturated rings. The van der Waals surface area contributed by atoms with Gasteiger partial charge in [-0.2, -0.15) is 0 Å². The van der Waals surface area contributed by atoms with E-state index in [-0.39, 0.29) is 17.2 Å². The molecular formula is C17H24N2O3S. The highest BCUT2D eigenvalue weighted by Gasteiger charge is 2.31. The molecular weight excluding hydrogens is 312 g/mol. The predicted octanol–water partition coefficient (Wildman–Crippen LogP) is 1.97. The molecule has 1 heterocycles. The molecule has 1 saturated carbocycles. The van der Waals surface area contributed by atoms with Crippen molar-refractivity contribution >= 4 is 15.7 Å². The molecule has 1 saturated heterocycles. The third-order valence-corrected chi connectivity index (χ3v) is 7.36. The maximum Gasteiger partial charge on any atom is 0.254 e. The average Bonchev–Trinajstić information content (AvgIpc) is 3.25. The van der Waals surface area contributed by atoms with Crippen LogP contribution in [0, 0.1) is 0 Å². The zero-order valence-electron chi connectivity index (χ0n) is 13.3. The molecule has 1 amide bonds. The van der Waals surface area contributed by atoms with Gasteiger partial charge in [-0.05, 0) is 49.9 Å². The van der Waals surface area contributed by atoms with Crippen molar-refractivity contribution in [2.75, 3.05) is 13.1 Å². The topological polar surface area (TPSA) is 80.5 Å². The van der Waals surface area contributed by atoms with E-state index in [0.717, 1.165) is 45.1 Å². The standard InChI is InChI=1S/C17H24N2O3S/c18-12-14-4-3-11-19(14)17(20)13-7-9-16(10-8-13)23(21,22)15-5-1-2-6-15/h7-10,14-15H,1-6,11-12,18H2/t14-/m0/s1. The molecule has 1 aliphatic carbocycles. The third kappa shape index (κ3) is 3.15. The number of sulfone groups is 1. The van der Waals surface area contributed by atoms with Gasteiger partial charge < -0.3 is 10.6 Å². The van der Waals surface area contributed by atoms with Gasteiger partial charge >= 0.3 is 0 Å². The normalized spacial score (nSPS) is 22.7. The molecule has 23 heavy (non-hydrogen) atoms. The van der Waals surface area contributed by atoms with Gasteiger partial charge in [0.1, 0.15) is 0 Å². The zero-order valence-corrected chi connectivity index (χ0v) is 14.1. The Hall–Kier alpha value is -1.40. The van der Waals surface area contributed by atoms with Gasteiger partial charge in [-0.3, -0.25) is 4.79 Å². The molecule has 0 spiro atoms. The van der Waals surface area contributed by atoms with Crippen LogP contribution in [0.5, 0.6) is 0 Å². The molecule has 0 unspecified atom stereocenters. The van der Waals surface area contributed by atoms with E-state index < -0.39 is 9.84 Å². The number of hydrogen-bond acceptors (Lipinski definition) is 4. The predicted molar refractivity (Wildman–Crippen MR) is 89.0 cm³/mol. The Kier molecular flexibility index (Phi) is 4.73. The Balaban J connectivity index is 1.78. The Morgan fingerprint density at radius 3 is 2.35 bits per heavy atom. The van der Waals surface area contributed by atoms with E-state index in [2.05, 4.69) is 0 Å². The highest BCUT2D eigenvalue weighted by Crippen LogP contribution is 2.30. The molecule has 5 nitrogen and oxygen atoms in total. The fourth-order valence-corrected chi connectivity index (χ4v) is 5.55. The lowest BCUT2D eigenvalue weighted by molar-refractivity contribution is 0.0741. The van der Waals surface area contributed by atoms with Crippen molar-refractivity contribution < 1.29 is 13.2 Å². The summed E-state index contributed by atoms with van der Waals surface area (Å²) >= 11 is 0. The molecule has 1 aromatic carbocycles. The first-order chi connectivity index (χ1) is 11.0. The number of benzene rings is 1. The lowest BCUT2D eigenvalue weighted by Gasteiger charge is -2.23. The maximum atomic E-state index is 12.6. The van der Waals surface area contributed by atoms with E-state index in [9.17, 15) is 13.2 Å². The van der Waals surface area contributed by atoms with Crippen molar-refractivity contribution in [1.29, 1.82) is 0 Å². The Morgan fingerprint density at radius 2 is 1.74 bits per heavy atom. The maximum absolute atomic E-state index is 12.6. The Labute approximate surface area is 137 Å². The number of carbonyl (C=O) groups is 1. The molecule has 0 radical (unpaired) electrons. The van der Waals surface area contributed by atoms with E-state index in [1.165, 1.54) is 0 Å². The van der Waals surface area contributed by atoms with Crippen LogP contribution in [0.4, 0.5) is 0 Å². The monoisotopic (exact) mass is 336 g/mol. The number of hydrogen-bond donors (Lipinski definition) is 1. The largest absolute Gasteiger partial charge is 0.334 e. The van der Waals surface area contributed by atoms with E-state index in [0.29, 0.717) is 17.0 Å². The Bertz CT molecular complexity index is 664. The molecule has 1 aliphatic heterocycles. The van der Waals surface area contributed by atoms with E-state index >= 15 is 0 Å². The summed E-state index contributed by atoms with van der Waals surface area (Å²) in [7, 11) is -3.26. The second-order valence-electron chi connectivity index (χ2n) is 6.51. The van der Waals surface area contributed by atoms with Crippen molar-refractivity contribution in [3.05, 3.63) is 29.8 Å². The van der Waals surface area contributed by atoms with Crippen LogP contribution in [0.2, 0.25) is 0 Å². The number of likely N-dealkylation sites (tertiary alicyclic amines) is 1. The smallest absolute Gasteiger partial charge is 0.254 e. The summed E-state index contributed by atoms with van der Waals surface area (Å²) in [5.41, 5.74) is 6.26. The first kappa shape index (κ1) is 16.5. The van der Waals surface area contributed by atoms with Crippen LogP contribution in [0.15, 0.2) is 29.2 Å². The Morgan fingerprint density at radius 1 is 1.09 bits per heavy atom. The van der Waals surface area contributed by atoms with E-state index in [4.69, 9.17) is 5.73 Å². The summed E-state index contributed by atoms with van der Waals surface area (Å²) in [6.45, 7) is 1.20. The molecule has 6 heteroatoms. The average molecular weight is 336 g/mol. The molecule has 2 aliphatic rings. The minimum Gasteiger partial charge on any atom is -0.334 e. The summed E-state index contributed by atoms with van der Waals surface area (Å²) in [6.07, 6.45) is 5.37. The highest BCUT2D eigenvalue weighted by atomic mass is 32.2. The van der Waals surface area contributed by atoms with Gasteiger partial charge in [-0.15, -0.1) is 0 Å². The van der Waals surface area contributed by atoms with Crippen molar-refractivity contribution in [2.45, 2.75) is 54.7 Å². The van der Waals surface area contributed by atoms with Crippen molar-refractivity contribution in [3.8, 4) is 0 Å². The molecule has 0 aromatic heterocycles. The summed E-state index contributed by atoms with van der Waals surface area (Å²) in [5.74, 6) is -0.0530. The van der Waals surface area contributed by atoms with Crippen LogP contribution in [-0.4, -0.2) is 43.6 Å². The van der Waals surface area contributed by atoms with Gasteiger partial charge in [0, 0.05) is 24.7 Å². The van der Waals surface area contributed by atoms with Crippen molar-refractivity contribution in [3.63, 3.8) is 0 Å². The van der Waals surface area contributed by atoms with Crippen LogP contribution in [0.25, 0.3) is 0 Å². The number of carbonyl (C=O) groups excluding carboxylic acids is 1. The minimum atomic E-state index is -3.26. The summed E-state index contributed by atoms with van der Waals surface area (Å²) in [5, 5.41) is -0.260. The highest BCUT2D eigenvalue weighted by molar-refractivity contribution is 7.92. The fraction of sp³-hybridized carbons (Fsp3) is 0.588. The van der Waals surface area contributed by atoms with Gasteiger partial charge in [0.2, 0.25) is 0 Å².